The van der Waals surface area contributed by atoms with Gasteiger partial charge < -0.3 is 54.7 Å². The van der Waals surface area contributed by atoms with E-state index in [-0.39, 0.29) is 46.7 Å². The van der Waals surface area contributed by atoms with Gasteiger partial charge in [0.25, 0.3) is 0 Å². The average molecular weight is 751 g/mol. The first kappa shape index (κ1) is 40.0. The van der Waals surface area contributed by atoms with Gasteiger partial charge in [0.05, 0.1) is 30.8 Å². The van der Waals surface area contributed by atoms with E-state index in [2.05, 4.69) is 47.6 Å². The van der Waals surface area contributed by atoms with E-state index in [4.69, 9.17) is 18.9 Å². The van der Waals surface area contributed by atoms with Crippen LogP contribution in [0.3, 0.4) is 0 Å². The maximum absolute atomic E-state index is 13.0. The Hall–Kier alpha value is -1.19. The molecule has 7 aliphatic rings. The summed E-state index contributed by atoms with van der Waals surface area (Å²) in [4.78, 5) is 13.0. The number of allylic oxidation sites excluding steroid dienone is 2. The molecule has 2 saturated heterocycles. The highest BCUT2D eigenvalue weighted by molar-refractivity contribution is 5.76. The van der Waals surface area contributed by atoms with Crippen LogP contribution < -0.4 is 0 Å². The number of fused-ring (bicyclic) bond motifs is 7. The lowest BCUT2D eigenvalue weighted by atomic mass is 9.33. The quantitative estimate of drug-likeness (QED) is 0.155. The number of carboxylic acid groups (broad SMARTS) is 1. The fraction of sp³-hybridized carbons (Fsp3) is 0.927. The molecule has 302 valence electrons. The molecule has 7 rings (SSSR count). The molecule has 12 heteroatoms. The minimum atomic E-state index is -1.62. The van der Waals surface area contributed by atoms with Crippen LogP contribution in [0, 0.1) is 50.2 Å². The van der Waals surface area contributed by atoms with Crippen molar-refractivity contribution in [3.63, 3.8) is 0 Å². The maximum Gasteiger partial charge on any atom is 0.310 e. The molecule has 0 amide bonds. The van der Waals surface area contributed by atoms with Crippen LogP contribution in [0.1, 0.15) is 113 Å². The zero-order valence-corrected chi connectivity index (χ0v) is 32.7. The Morgan fingerprint density at radius 2 is 1.53 bits per heavy atom. The molecule has 0 aromatic heterocycles. The number of aliphatic hydroxyl groups is 6. The Kier molecular flexibility index (Phi) is 10.2. The molecule has 0 aromatic carbocycles. The molecule has 5 aliphatic carbocycles. The fourth-order valence-electron chi connectivity index (χ4n) is 13.3. The molecule has 18 atom stereocenters. The fourth-order valence-corrected chi connectivity index (χ4v) is 13.3. The Morgan fingerprint density at radius 1 is 0.830 bits per heavy atom. The van der Waals surface area contributed by atoms with E-state index in [0.29, 0.717) is 18.8 Å². The van der Waals surface area contributed by atoms with E-state index in [1.165, 1.54) is 12.5 Å². The van der Waals surface area contributed by atoms with Crippen LogP contribution in [0.15, 0.2) is 11.6 Å². The van der Waals surface area contributed by atoms with E-state index in [1.54, 1.807) is 0 Å². The summed E-state index contributed by atoms with van der Waals surface area (Å²) in [5.74, 6) is -0.194. The number of aliphatic hydroxyl groups excluding tert-OH is 6. The predicted molar refractivity (Wildman–Crippen MR) is 192 cm³/mol. The molecule has 2 aliphatic heterocycles. The van der Waals surface area contributed by atoms with Crippen molar-refractivity contribution < 1.29 is 59.5 Å². The van der Waals surface area contributed by atoms with Gasteiger partial charge in [-0.2, -0.15) is 0 Å². The van der Waals surface area contributed by atoms with Crippen LogP contribution >= 0.6 is 0 Å². The lowest BCUT2D eigenvalue weighted by Gasteiger charge is -2.71. The highest BCUT2D eigenvalue weighted by Gasteiger charge is 2.70. The number of ether oxygens (including phenoxy) is 4. The third kappa shape index (κ3) is 5.85. The summed E-state index contributed by atoms with van der Waals surface area (Å²) >= 11 is 0. The first-order chi connectivity index (χ1) is 24.7. The first-order valence-corrected chi connectivity index (χ1v) is 20.2. The summed E-state index contributed by atoms with van der Waals surface area (Å²) < 4.78 is 24.3. The Balaban J connectivity index is 1.15. The molecular formula is C41H66O12. The van der Waals surface area contributed by atoms with Gasteiger partial charge in [-0.15, -0.1) is 0 Å². The van der Waals surface area contributed by atoms with Crippen molar-refractivity contribution >= 4 is 5.97 Å². The van der Waals surface area contributed by atoms with Crippen molar-refractivity contribution in [1.29, 1.82) is 0 Å². The highest BCUT2D eigenvalue weighted by atomic mass is 16.8. The van der Waals surface area contributed by atoms with Gasteiger partial charge in [-0.05, 0) is 111 Å². The third-order valence-corrected chi connectivity index (χ3v) is 17.0. The van der Waals surface area contributed by atoms with Crippen molar-refractivity contribution in [1.82, 2.24) is 0 Å². The number of aliphatic carboxylic acids is 1. The van der Waals surface area contributed by atoms with Gasteiger partial charge in [-0.25, -0.2) is 0 Å². The van der Waals surface area contributed by atoms with Gasteiger partial charge in [0, 0.05) is 5.41 Å². The van der Waals surface area contributed by atoms with Crippen LogP contribution in [-0.4, -0.2) is 116 Å². The van der Waals surface area contributed by atoms with Crippen LogP contribution in [0.5, 0.6) is 0 Å². The predicted octanol–water partition coefficient (Wildman–Crippen LogP) is 3.52. The zero-order valence-electron chi connectivity index (χ0n) is 32.7. The average Bonchev–Trinajstić information content (AvgIpc) is 3.10. The number of carbonyl (C=O) groups is 1. The molecule has 4 saturated carbocycles. The van der Waals surface area contributed by atoms with E-state index in [1.807, 2.05) is 0 Å². The van der Waals surface area contributed by atoms with E-state index in [9.17, 15) is 40.5 Å². The van der Waals surface area contributed by atoms with Crippen LogP contribution in [-0.2, 0) is 23.7 Å². The lowest BCUT2D eigenvalue weighted by Crippen LogP contribution is -2.67. The topological polar surface area (TPSA) is 196 Å². The summed E-state index contributed by atoms with van der Waals surface area (Å²) in [7, 11) is 0. The third-order valence-electron chi connectivity index (χ3n) is 17.0. The van der Waals surface area contributed by atoms with Gasteiger partial charge in [0.2, 0.25) is 0 Å². The number of hydrogen-bond acceptors (Lipinski definition) is 11. The zero-order chi connectivity index (χ0) is 38.7. The molecular weight excluding hydrogens is 684 g/mol. The number of rotatable bonds is 6. The van der Waals surface area contributed by atoms with Gasteiger partial charge >= 0.3 is 5.97 Å². The Labute approximate surface area is 314 Å². The summed E-state index contributed by atoms with van der Waals surface area (Å²) in [5, 5.41) is 74.9. The van der Waals surface area contributed by atoms with Gasteiger partial charge in [-0.1, -0.05) is 53.2 Å². The largest absolute Gasteiger partial charge is 0.481 e. The molecule has 0 bridgehead atoms. The van der Waals surface area contributed by atoms with Gasteiger partial charge in [0.1, 0.15) is 36.6 Å². The summed E-state index contributed by atoms with van der Waals surface area (Å²) in [6, 6.07) is 0. The van der Waals surface area contributed by atoms with E-state index in [0.717, 1.165) is 51.4 Å². The Bertz CT molecular complexity index is 1440. The molecule has 12 nitrogen and oxygen atoms in total. The number of carboxylic acids is 1. The van der Waals surface area contributed by atoms with Crippen LogP contribution in [0.25, 0.3) is 0 Å². The molecule has 2 heterocycles. The van der Waals surface area contributed by atoms with Gasteiger partial charge in [0.15, 0.2) is 12.6 Å². The highest BCUT2D eigenvalue weighted by Crippen LogP contribution is 2.76. The SMILES string of the molecule is C[C@@H]1O[C@@H](O[C@H]2[C@H](O[C@H]3CC[C@@]4(C)C(CC[C@]5(C)C4CC=C4C6CC(C)(C)CC[C@]6(C(=O)O)CCC45C)[C@@]3(C)CO)OC[C@@H](O)[C@@H]2O)[C@H](O)[C@H](O)[C@H]1O. The van der Waals surface area contributed by atoms with E-state index < -0.39 is 78.2 Å². The van der Waals surface area contributed by atoms with Crippen molar-refractivity contribution in [3.8, 4) is 0 Å². The molecule has 0 spiro atoms. The van der Waals surface area contributed by atoms with Crippen molar-refractivity contribution in [2.45, 2.75) is 174 Å². The molecule has 4 unspecified atom stereocenters. The normalized spacial score (nSPS) is 55.1. The second-order valence-electron chi connectivity index (χ2n) is 20.0. The minimum Gasteiger partial charge on any atom is -0.481 e. The van der Waals surface area contributed by atoms with Crippen molar-refractivity contribution in [3.05, 3.63) is 11.6 Å². The van der Waals surface area contributed by atoms with E-state index >= 15 is 0 Å². The molecule has 0 aromatic rings. The van der Waals surface area contributed by atoms with Crippen molar-refractivity contribution in [2.75, 3.05) is 13.2 Å². The van der Waals surface area contributed by atoms with Crippen LogP contribution in [0.4, 0.5) is 0 Å². The van der Waals surface area contributed by atoms with Crippen LogP contribution in [0.2, 0.25) is 0 Å². The minimum absolute atomic E-state index is 0.0360. The van der Waals surface area contributed by atoms with Crippen molar-refractivity contribution in [2.24, 2.45) is 50.2 Å². The standard InChI is InChI=1S/C41H66O12/c1-21-28(44)30(46)31(47)33(51-21)53-32-29(45)24(43)19-50-34(32)52-27-11-12-37(4)25(38(27,5)20-42)10-13-40(7)26(37)9-8-22-23-18-36(2,3)14-16-41(23,35(48)49)17-15-39(22,40)6/h8,21,23-34,42-47H,9-20H2,1-7H3,(H,48,49)/t21-,23?,24+,25?,26?,27-,28-,29-,30+,31+,32+,33-,34-,37-,38+,39?,40+,41-/m0/s1. The second-order valence-corrected chi connectivity index (χ2v) is 20.0. The lowest BCUT2D eigenvalue weighted by molar-refractivity contribution is -0.365. The maximum atomic E-state index is 13.0. The Morgan fingerprint density at radius 3 is 2.21 bits per heavy atom. The second kappa shape index (κ2) is 13.5. The summed E-state index contributed by atoms with van der Waals surface area (Å²) in [6.45, 7) is 15.1. The molecule has 7 N–H and O–H groups in total. The summed E-state index contributed by atoms with van der Waals surface area (Å²) in [5.41, 5.74) is -0.239. The summed E-state index contributed by atoms with van der Waals surface area (Å²) in [6.07, 6.45) is -1.79. The molecule has 6 fully saturated rings. The van der Waals surface area contributed by atoms with Gasteiger partial charge in [-0.3, -0.25) is 4.79 Å². The number of hydrogen-bond donors (Lipinski definition) is 7. The molecule has 53 heavy (non-hydrogen) atoms. The smallest absolute Gasteiger partial charge is 0.310 e. The monoisotopic (exact) mass is 750 g/mol. The molecule has 0 radical (unpaired) electrons. The first-order valence-electron chi connectivity index (χ1n) is 20.2.